The van der Waals surface area contributed by atoms with E-state index in [4.69, 9.17) is 29.3 Å². The van der Waals surface area contributed by atoms with Gasteiger partial charge in [0, 0.05) is 78.0 Å². The van der Waals surface area contributed by atoms with Crippen LogP contribution >= 0.6 is 0 Å². The van der Waals surface area contributed by atoms with E-state index in [1.807, 2.05) is 10.9 Å². The van der Waals surface area contributed by atoms with E-state index in [9.17, 15) is 9.90 Å². The predicted molar refractivity (Wildman–Crippen MR) is 185 cm³/mol. The van der Waals surface area contributed by atoms with Crippen LogP contribution in [0.2, 0.25) is 25.7 Å². The number of benzene rings is 1. The first-order valence-corrected chi connectivity index (χ1v) is 20.7. The van der Waals surface area contributed by atoms with Gasteiger partial charge >= 0.3 is 12.1 Å². The number of fused-ring (bicyclic) bond motifs is 2. The van der Waals surface area contributed by atoms with E-state index in [0.29, 0.717) is 52.1 Å². The number of hydrogen-bond donors (Lipinski definition) is 1. The Hall–Kier alpha value is -3.46. The summed E-state index contributed by atoms with van der Waals surface area (Å²) in [6, 6.07) is 5.83. The first kappa shape index (κ1) is 33.4. The second-order valence-corrected chi connectivity index (χ2v) is 19.6. The highest BCUT2D eigenvalue weighted by atomic mass is 28.3. The Bertz CT molecular complexity index is 1530. The minimum atomic E-state index is -1.16. The predicted octanol–water partition coefficient (Wildman–Crippen LogP) is 3.91. The molecular weight excluding hydrogens is 617 g/mol. The number of ether oxygens (including phenoxy) is 3. The van der Waals surface area contributed by atoms with Crippen molar-refractivity contribution in [3.8, 4) is 6.01 Å². The highest BCUT2D eigenvalue weighted by Crippen LogP contribution is 2.36. The third-order valence-corrected chi connectivity index (χ3v) is 11.1. The Balaban J connectivity index is 1.21. The molecule has 0 saturated carbocycles. The Labute approximate surface area is 278 Å². The smallest absolute Gasteiger partial charge is 0.407 e. The lowest BCUT2D eigenvalue weighted by atomic mass is 10.0. The van der Waals surface area contributed by atoms with Crippen LogP contribution in [0.4, 0.5) is 16.3 Å². The van der Waals surface area contributed by atoms with E-state index in [1.54, 1.807) is 0 Å². The van der Waals surface area contributed by atoms with Crippen LogP contribution in [-0.2, 0) is 29.2 Å². The SMILES string of the molecule is Cc1ccc2c(cnn2COCC[Si](C)(C)C)c1N1CCc2c(nc(OCCCN3CCOCC3)nc2N2CCN(C(=O)O)CC2)C1. The lowest BCUT2D eigenvalue weighted by Gasteiger charge is -2.37. The van der Waals surface area contributed by atoms with Gasteiger partial charge < -0.3 is 34.0 Å². The maximum absolute atomic E-state index is 11.6. The molecule has 0 aliphatic carbocycles. The van der Waals surface area contributed by atoms with E-state index in [1.165, 1.54) is 16.2 Å². The van der Waals surface area contributed by atoms with Crippen molar-refractivity contribution in [3.05, 3.63) is 35.2 Å². The van der Waals surface area contributed by atoms with Gasteiger partial charge in [-0.1, -0.05) is 25.7 Å². The summed E-state index contributed by atoms with van der Waals surface area (Å²) in [6.07, 6.45) is 2.75. The molecule has 47 heavy (non-hydrogen) atoms. The lowest BCUT2D eigenvalue weighted by molar-refractivity contribution is 0.0356. The Morgan fingerprint density at radius 3 is 2.53 bits per heavy atom. The zero-order chi connectivity index (χ0) is 33.0. The van der Waals surface area contributed by atoms with Gasteiger partial charge in [-0.2, -0.15) is 15.1 Å². The zero-order valence-electron chi connectivity index (χ0n) is 28.4. The Kier molecular flexibility index (Phi) is 10.5. The van der Waals surface area contributed by atoms with E-state index in [0.717, 1.165) is 92.9 Å². The summed E-state index contributed by atoms with van der Waals surface area (Å²) in [4.78, 5) is 30.0. The summed E-state index contributed by atoms with van der Waals surface area (Å²) < 4.78 is 19.7. The van der Waals surface area contributed by atoms with Gasteiger partial charge in [-0.25, -0.2) is 9.48 Å². The largest absolute Gasteiger partial charge is 0.465 e. The summed E-state index contributed by atoms with van der Waals surface area (Å²) in [5, 5.41) is 15.3. The van der Waals surface area contributed by atoms with Crippen LogP contribution in [0.25, 0.3) is 10.9 Å². The van der Waals surface area contributed by atoms with Gasteiger partial charge in [0.05, 0.1) is 49.5 Å². The molecule has 0 spiro atoms. The molecule has 2 saturated heterocycles. The molecule has 0 atom stereocenters. The summed E-state index contributed by atoms with van der Waals surface area (Å²) in [5.41, 5.74) is 5.52. The Morgan fingerprint density at radius 2 is 1.79 bits per heavy atom. The fourth-order valence-electron chi connectivity index (χ4n) is 6.59. The molecule has 1 amide bonds. The van der Waals surface area contributed by atoms with Crippen molar-refractivity contribution < 1.29 is 24.1 Å². The maximum Gasteiger partial charge on any atom is 0.407 e. The molecule has 256 valence electrons. The van der Waals surface area contributed by atoms with Crippen LogP contribution < -0.4 is 14.5 Å². The van der Waals surface area contributed by atoms with Crippen molar-refractivity contribution in [2.75, 3.05) is 88.6 Å². The van der Waals surface area contributed by atoms with E-state index in [-0.39, 0.29) is 0 Å². The van der Waals surface area contributed by atoms with Crippen molar-refractivity contribution in [3.63, 3.8) is 0 Å². The first-order chi connectivity index (χ1) is 22.7. The molecule has 1 aromatic carbocycles. The monoisotopic (exact) mass is 666 g/mol. The third-order valence-electron chi connectivity index (χ3n) is 9.35. The minimum absolute atomic E-state index is 0.390. The number of aromatic nitrogens is 4. The van der Waals surface area contributed by atoms with Crippen molar-refractivity contribution in [2.45, 2.75) is 58.7 Å². The number of carbonyl (C=O) groups is 1. The number of nitrogens with zero attached hydrogens (tertiary/aromatic N) is 8. The van der Waals surface area contributed by atoms with Crippen LogP contribution in [0.3, 0.4) is 0 Å². The van der Waals surface area contributed by atoms with Crippen LogP contribution in [0, 0.1) is 6.92 Å². The van der Waals surface area contributed by atoms with E-state index < -0.39 is 14.2 Å². The van der Waals surface area contributed by atoms with Gasteiger partial charge in [-0.15, -0.1) is 0 Å². The van der Waals surface area contributed by atoms with Crippen molar-refractivity contribution in [2.24, 2.45) is 0 Å². The number of aryl methyl sites for hydroxylation is 1. The van der Waals surface area contributed by atoms with Crippen LogP contribution in [0.15, 0.2) is 18.3 Å². The van der Waals surface area contributed by atoms with Gasteiger partial charge in [0.1, 0.15) is 12.5 Å². The van der Waals surface area contributed by atoms with Crippen LogP contribution in [0.5, 0.6) is 6.01 Å². The number of morpholine rings is 1. The first-order valence-electron chi connectivity index (χ1n) is 17.0. The molecule has 3 aliphatic heterocycles. The average Bonchev–Trinajstić information content (AvgIpc) is 3.47. The molecule has 2 fully saturated rings. The van der Waals surface area contributed by atoms with Crippen LogP contribution in [-0.4, -0.2) is 128 Å². The number of carboxylic acid groups (broad SMARTS) is 1. The van der Waals surface area contributed by atoms with Gasteiger partial charge in [0.2, 0.25) is 0 Å². The molecule has 1 N–H and O–H groups in total. The molecule has 5 heterocycles. The van der Waals surface area contributed by atoms with E-state index in [2.05, 4.69) is 53.4 Å². The molecule has 6 rings (SSSR count). The number of amides is 1. The molecule has 3 aliphatic rings. The molecule has 2 aromatic heterocycles. The molecule has 14 heteroatoms. The second-order valence-electron chi connectivity index (χ2n) is 14.0. The van der Waals surface area contributed by atoms with Gasteiger partial charge in [0.25, 0.3) is 0 Å². The quantitative estimate of drug-likeness (QED) is 0.224. The fraction of sp³-hybridized carbons (Fsp3) is 0.636. The van der Waals surface area contributed by atoms with Gasteiger partial charge in [-0.05, 0) is 37.4 Å². The van der Waals surface area contributed by atoms with Crippen molar-refractivity contribution in [1.82, 2.24) is 29.5 Å². The van der Waals surface area contributed by atoms with E-state index >= 15 is 0 Å². The number of hydrogen-bond acceptors (Lipinski definition) is 10. The average molecular weight is 667 g/mol. The molecule has 13 nitrogen and oxygen atoms in total. The van der Waals surface area contributed by atoms with Crippen molar-refractivity contribution >= 4 is 36.6 Å². The maximum atomic E-state index is 11.6. The summed E-state index contributed by atoms with van der Waals surface area (Å²) in [6.45, 7) is 18.9. The molecule has 0 bridgehead atoms. The molecule has 0 radical (unpaired) electrons. The minimum Gasteiger partial charge on any atom is -0.465 e. The van der Waals surface area contributed by atoms with Crippen molar-refractivity contribution in [1.29, 1.82) is 0 Å². The molecular formula is C33H50N8O5Si. The van der Waals surface area contributed by atoms with Crippen LogP contribution in [0.1, 0.15) is 23.2 Å². The summed E-state index contributed by atoms with van der Waals surface area (Å²) in [7, 11) is -1.16. The van der Waals surface area contributed by atoms with Gasteiger partial charge in [0.15, 0.2) is 0 Å². The fourth-order valence-corrected chi connectivity index (χ4v) is 7.35. The molecule has 0 unspecified atom stereocenters. The Morgan fingerprint density at radius 1 is 1.00 bits per heavy atom. The third kappa shape index (κ3) is 8.16. The lowest BCUT2D eigenvalue weighted by Crippen LogP contribution is -2.49. The summed E-state index contributed by atoms with van der Waals surface area (Å²) >= 11 is 0. The highest BCUT2D eigenvalue weighted by Gasteiger charge is 2.30. The van der Waals surface area contributed by atoms with Gasteiger partial charge in [-0.3, -0.25) is 4.90 Å². The number of rotatable bonds is 12. The molecule has 3 aromatic rings. The topological polar surface area (TPSA) is 122 Å². The zero-order valence-corrected chi connectivity index (χ0v) is 29.4. The normalized spacial score (nSPS) is 17.7. The number of piperazine rings is 1. The standard InChI is InChI=1S/C33H50N8O5Si/c1-25-6-7-29-27(22-34-41(29)24-45-20-21-47(2,3)4)30(25)40-10-8-26-28(23-40)35-32(46-17-5-9-37-15-18-44-19-16-37)36-31(26)38-11-13-39(14-12-38)33(42)43/h6-7,22H,5,8-21,23-24H2,1-4H3,(H,42,43). The highest BCUT2D eigenvalue weighted by molar-refractivity contribution is 6.76. The second kappa shape index (κ2) is 14.8. The number of anilines is 2. The summed E-state index contributed by atoms with van der Waals surface area (Å²) in [5.74, 6) is 0.876.